The molecule has 1 aromatic heterocycles. The van der Waals surface area contributed by atoms with E-state index >= 15 is 0 Å². The largest absolute Gasteiger partial charge is 0.366 e. The predicted molar refractivity (Wildman–Crippen MR) is 73.6 cm³/mol. The minimum Gasteiger partial charge on any atom is -0.366 e. The van der Waals surface area contributed by atoms with Gasteiger partial charge in [-0.05, 0) is 18.2 Å². The van der Waals surface area contributed by atoms with Gasteiger partial charge in [-0.15, -0.1) is 11.3 Å². The van der Waals surface area contributed by atoms with E-state index in [4.69, 9.17) is 5.73 Å². The highest BCUT2D eigenvalue weighted by molar-refractivity contribution is 7.21. The Morgan fingerprint density at radius 1 is 1.06 bits per heavy atom. The van der Waals surface area contributed by atoms with Gasteiger partial charge < -0.3 is 5.73 Å². The van der Waals surface area contributed by atoms with Crippen molar-refractivity contribution in [1.82, 2.24) is 4.98 Å². The Morgan fingerprint density at radius 2 is 1.78 bits per heavy atom. The number of hydrogen-bond donors (Lipinski definition) is 1. The molecule has 0 radical (unpaired) electrons. The third-order valence-corrected chi connectivity index (χ3v) is 3.79. The monoisotopic (exact) mass is 254 g/mol. The summed E-state index contributed by atoms with van der Waals surface area (Å²) in [5.41, 5.74) is 7.63. The van der Waals surface area contributed by atoms with Crippen LogP contribution in [0.1, 0.15) is 10.4 Å². The van der Waals surface area contributed by atoms with Gasteiger partial charge in [-0.1, -0.05) is 30.3 Å². The summed E-state index contributed by atoms with van der Waals surface area (Å²) in [6.07, 6.45) is 0. The minimum absolute atomic E-state index is 0.426. The van der Waals surface area contributed by atoms with Crippen molar-refractivity contribution in [2.45, 2.75) is 0 Å². The van der Waals surface area contributed by atoms with E-state index in [0.717, 1.165) is 20.8 Å². The molecule has 4 heteroatoms. The third kappa shape index (κ3) is 1.76. The average molecular weight is 254 g/mol. The molecular weight excluding hydrogens is 244 g/mol. The van der Waals surface area contributed by atoms with Gasteiger partial charge in [-0.3, -0.25) is 4.79 Å². The zero-order valence-corrected chi connectivity index (χ0v) is 10.3. The second-order valence-corrected chi connectivity index (χ2v) is 4.93. The first kappa shape index (κ1) is 10.9. The number of para-hydroxylation sites is 1. The molecular formula is C14H10N2OS. The standard InChI is InChI=1S/C14H10N2OS/c15-13(17)9-5-1-2-6-10(9)14-16-11-7-3-4-8-12(11)18-14/h1-8H,(H2,15,17). The van der Waals surface area contributed by atoms with E-state index < -0.39 is 5.91 Å². The average Bonchev–Trinajstić information content (AvgIpc) is 2.82. The molecule has 0 atom stereocenters. The third-order valence-electron chi connectivity index (χ3n) is 2.72. The minimum atomic E-state index is -0.426. The summed E-state index contributed by atoms with van der Waals surface area (Å²) in [6.45, 7) is 0. The fraction of sp³-hybridized carbons (Fsp3) is 0. The van der Waals surface area contributed by atoms with Crippen LogP contribution in [0, 0.1) is 0 Å². The molecule has 0 aliphatic heterocycles. The van der Waals surface area contributed by atoms with Gasteiger partial charge >= 0.3 is 0 Å². The van der Waals surface area contributed by atoms with Gasteiger partial charge in [-0.2, -0.15) is 0 Å². The van der Waals surface area contributed by atoms with E-state index in [1.165, 1.54) is 0 Å². The first-order valence-corrected chi connectivity index (χ1v) is 6.32. The molecule has 0 spiro atoms. The Kier molecular flexibility index (Phi) is 2.57. The van der Waals surface area contributed by atoms with Crippen molar-refractivity contribution in [2.75, 3.05) is 0 Å². The topological polar surface area (TPSA) is 56.0 Å². The smallest absolute Gasteiger partial charge is 0.249 e. The van der Waals surface area contributed by atoms with Crippen LogP contribution in [0.4, 0.5) is 0 Å². The van der Waals surface area contributed by atoms with E-state index in [1.54, 1.807) is 23.5 Å². The molecule has 0 saturated carbocycles. The van der Waals surface area contributed by atoms with Crippen LogP contribution in [0.15, 0.2) is 48.5 Å². The molecule has 3 aromatic rings. The molecule has 2 aromatic carbocycles. The van der Waals surface area contributed by atoms with E-state index in [0.29, 0.717) is 5.56 Å². The fourth-order valence-electron chi connectivity index (χ4n) is 1.87. The highest BCUT2D eigenvalue weighted by Gasteiger charge is 2.12. The van der Waals surface area contributed by atoms with Gasteiger partial charge in [0.2, 0.25) is 5.91 Å². The molecule has 18 heavy (non-hydrogen) atoms. The van der Waals surface area contributed by atoms with Crippen LogP contribution in [0.2, 0.25) is 0 Å². The highest BCUT2D eigenvalue weighted by Crippen LogP contribution is 2.31. The maximum atomic E-state index is 11.4. The van der Waals surface area contributed by atoms with E-state index in [-0.39, 0.29) is 0 Å². The quantitative estimate of drug-likeness (QED) is 0.764. The second kappa shape index (κ2) is 4.23. The summed E-state index contributed by atoms with van der Waals surface area (Å²) in [5, 5.41) is 0.825. The molecule has 0 fully saturated rings. The number of aromatic nitrogens is 1. The summed E-state index contributed by atoms with van der Waals surface area (Å²) >= 11 is 1.56. The number of nitrogens with zero attached hydrogens (tertiary/aromatic N) is 1. The molecule has 1 amide bonds. The van der Waals surface area contributed by atoms with E-state index in [1.807, 2.05) is 36.4 Å². The van der Waals surface area contributed by atoms with Crippen molar-refractivity contribution in [1.29, 1.82) is 0 Å². The molecule has 0 aliphatic carbocycles. The lowest BCUT2D eigenvalue weighted by Gasteiger charge is -2.01. The second-order valence-electron chi connectivity index (χ2n) is 3.90. The molecule has 2 N–H and O–H groups in total. The highest BCUT2D eigenvalue weighted by atomic mass is 32.1. The van der Waals surface area contributed by atoms with Crippen molar-refractivity contribution >= 4 is 27.5 Å². The Hall–Kier alpha value is -2.20. The Morgan fingerprint density at radius 3 is 2.56 bits per heavy atom. The number of fused-ring (bicyclic) bond motifs is 1. The molecule has 3 nitrogen and oxygen atoms in total. The van der Waals surface area contributed by atoms with Crippen molar-refractivity contribution in [2.24, 2.45) is 5.73 Å². The van der Waals surface area contributed by atoms with Gasteiger partial charge in [0, 0.05) is 11.1 Å². The van der Waals surface area contributed by atoms with Crippen LogP contribution in [-0.2, 0) is 0 Å². The number of carbonyl (C=O) groups excluding carboxylic acids is 1. The summed E-state index contributed by atoms with van der Waals surface area (Å²) in [7, 11) is 0. The molecule has 3 rings (SSSR count). The number of rotatable bonds is 2. The van der Waals surface area contributed by atoms with Crippen LogP contribution >= 0.6 is 11.3 Å². The summed E-state index contributed by atoms with van der Waals surface area (Å²) in [5.74, 6) is -0.426. The Labute approximate surface area is 108 Å². The van der Waals surface area contributed by atoms with Gasteiger partial charge in [-0.25, -0.2) is 4.98 Å². The molecule has 0 saturated heterocycles. The lowest BCUT2D eigenvalue weighted by Crippen LogP contribution is -2.12. The zero-order chi connectivity index (χ0) is 12.5. The SMILES string of the molecule is NC(=O)c1ccccc1-c1nc2ccccc2s1. The molecule has 1 heterocycles. The fourth-order valence-corrected chi connectivity index (χ4v) is 2.88. The number of carbonyl (C=O) groups is 1. The summed E-state index contributed by atoms with van der Waals surface area (Å²) in [6, 6.07) is 15.2. The van der Waals surface area contributed by atoms with Gasteiger partial charge in [0.25, 0.3) is 0 Å². The Bertz CT molecular complexity index is 700. The molecule has 88 valence electrons. The number of primary amides is 1. The number of benzene rings is 2. The molecule has 0 bridgehead atoms. The number of thiazole rings is 1. The van der Waals surface area contributed by atoms with Crippen LogP contribution in [0.5, 0.6) is 0 Å². The maximum Gasteiger partial charge on any atom is 0.249 e. The molecule has 0 unspecified atom stereocenters. The van der Waals surface area contributed by atoms with Crippen molar-refractivity contribution in [3.8, 4) is 10.6 Å². The maximum absolute atomic E-state index is 11.4. The number of nitrogens with two attached hydrogens (primary N) is 1. The van der Waals surface area contributed by atoms with Crippen molar-refractivity contribution in [3.63, 3.8) is 0 Å². The summed E-state index contributed by atoms with van der Waals surface area (Å²) in [4.78, 5) is 15.9. The Balaban J connectivity index is 2.23. The van der Waals surface area contributed by atoms with E-state index in [9.17, 15) is 4.79 Å². The number of amides is 1. The van der Waals surface area contributed by atoms with Gasteiger partial charge in [0.15, 0.2) is 0 Å². The van der Waals surface area contributed by atoms with Crippen molar-refractivity contribution < 1.29 is 4.79 Å². The lowest BCUT2D eigenvalue weighted by molar-refractivity contribution is 0.100. The number of hydrogen-bond acceptors (Lipinski definition) is 3. The van der Waals surface area contributed by atoms with Crippen LogP contribution < -0.4 is 5.73 Å². The predicted octanol–water partition coefficient (Wildman–Crippen LogP) is 3.06. The first-order chi connectivity index (χ1) is 8.75. The van der Waals surface area contributed by atoms with Crippen molar-refractivity contribution in [3.05, 3.63) is 54.1 Å². The normalized spacial score (nSPS) is 10.7. The van der Waals surface area contributed by atoms with Crippen LogP contribution in [0.3, 0.4) is 0 Å². The zero-order valence-electron chi connectivity index (χ0n) is 9.46. The van der Waals surface area contributed by atoms with Crippen LogP contribution in [-0.4, -0.2) is 10.9 Å². The van der Waals surface area contributed by atoms with E-state index in [2.05, 4.69) is 4.98 Å². The molecule has 0 aliphatic rings. The van der Waals surface area contributed by atoms with Gasteiger partial charge in [0.1, 0.15) is 5.01 Å². The summed E-state index contributed by atoms with van der Waals surface area (Å²) < 4.78 is 1.10. The lowest BCUT2D eigenvalue weighted by atomic mass is 10.1. The van der Waals surface area contributed by atoms with Crippen LogP contribution in [0.25, 0.3) is 20.8 Å². The van der Waals surface area contributed by atoms with Gasteiger partial charge in [0.05, 0.1) is 10.2 Å². The first-order valence-electron chi connectivity index (χ1n) is 5.50.